The van der Waals surface area contributed by atoms with E-state index in [1.54, 1.807) is 0 Å². The summed E-state index contributed by atoms with van der Waals surface area (Å²) >= 11 is 0. The largest absolute Gasteiger partial charge is 0.462 e. The second-order valence-electron chi connectivity index (χ2n) is 17.1. The first kappa shape index (κ1) is 57.4. The summed E-state index contributed by atoms with van der Waals surface area (Å²) < 4.78 is 16.7. The number of allylic oxidation sites excluding steroid dienone is 8. The molecule has 0 aromatic carbocycles. The van der Waals surface area contributed by atoms with Crippen LogP contribution in [0.1, 0.15) is 258 Å². The summed E-state index contributed by atoms with van der Waals surface area (Å²) in [5.41, 5.74) is 0. The third kappa shape index (κ3) is 46.4. The molecule has 1 atom stereocenters. The molecular weight excluding hydrogens is 745 g/mol. The molecular formula is C54H96O6. The van der Waals surface area contributed by atoms with Gasteiger partial charge in [-0.15, -0.1) is 0 Å². The lowest BCUT2D eigenvalue weighted by Crippen LogP contribution is -2.30. The van der Waals surface area contributed by atoms with Crippen LogP contribution >= 0.6 is 0 Å². The molecule has 0 radical (unpaired) electrons. The summed E-state index contributed by atoms with van der Waals surface area (Å²) in [6.45, 7) is 6.46. The van der Waals surface area contributed by atoms with Gasteiger partial charge in [-0.2, -0.15) is 0 Å². The summed E-state index contributed by atoms with van der Waals surface area (Å²) in [4.78, 5) is 37.8. The Bertz CT molecular complexity index is 1060. The molecule has 0 aliphatic heterocycles. The molecule has 0 saturated carbocycles. The predicted molar refractivity (Wildman–Crippen MR) is 256 cm³/mol. The normalized spacial score (nSPS) is 12.4. The Morgan fingerprint density at radius 1 is 0.350 bits per heavy atom. The second-order valence-corrected chi connectivity index (χ2v) is 17.1. The van der Waals surface area contributed by atoms with Gasteiger partial charge in [-0.05, 0) is 57.8 Å². The fraction of sp³-hybridized carbons (Fsp3) is 0.796. The van der Waals surface area contributed by atoms with E-state index in [-0.39, 0.29) is 31.1 Å². The van der Waals surface area contributed by atoms with Crippen molar-refractivity contribution >= 4 is 17.9 Å². The minimum absolute atomic E-state index is 0.0843. The van der Waals surface area contributed by atoms with E-state index >= 15 is 0 Å². The smallest absolute Gasteiger partial charge is 0.306 e. The number of ether oxygens (including phenoxy) is 3. The van der Waals surface area contributed by atoms with Crippen molar-refractivity contribution in [3.63, 3.8) is 0 Å². The van der Waals surface area contributed by atoms with E-state index in [2.05, 4.69) is 69.4 Å². The lowest BCUT2D eigenvalue weighted by atomic mass is 10.0. The first-order valence-corrected chi connectivity index (χ1v) is 25.7. The minimum atomic E-state index is -0.786. The van der Waals surface area contributed by atoms with Crippen LogP contribution in [0.4, 0.5) is 0 Å². The van der Waals surface area contributed by atoms with Crippen molar-refractivity contribution in [3.8, 4) is 0 Å². The first-order valence-electron chi connectivity index (χ1n) is 25.7. The number of rotatable bonds is 46. The molecule has 0 aromatic heterocycles. The average Bonchev–Trinajstić information content (AvgIpc) is 3.24. The Balaban J connectivity index is 4.31. The van der Waals surface area contributed by atoms with E-state index in [0.717, 1.165) is 70.6 Å². The standard InChI is InChI=1S/C54H96O6/c1-4-7-10-13-16-19-21-23-25-26-27-29-30-32-35-38-41-44-47-53(56)59-50-51(49-58-52(55)46-43-40-37-34-18-15-12-9-6-3)60-54(57)48-45-42-39-36-33-31-28-24-22-20-17-14-11-8-5-2/h8,11,14,17,20,22,34,37,51H,4-7,9-10,12-13,15-16,18-19,21,23-33,35-36,38-50H2,1-3H3/b11-8-,17-14-,22-20-,37-34-. The Kier molecular flexibility index (Phi) is 46.9. The molecule has 0 aliphatic rings. The molecule has 0 bridgehead atoms. The van der Waals surface area contributed by atoms with Crippen molar-refractivity contribution in [2.24, 2.45) is 0 Å². The van der Waals surface area contributed by atoms with Crippen molar-refractivity contribution in [3.05, 3.63) is 48.6 Å². The highest BCUT2D eigenvalue weighted by atomic mass is 16.6. The second kappa shape index (κ2) is 49.0. The van der Waals surface area contributed by atoms with Gasteiger partial charge in [-0.25, -0.2) is 0 Å². The van der Waals surface area contributed by atoms with Gasteiger partial charge in [0, 0.05) is 19.3 Å². The van der Waals surface area contributed by atoms with Crippen LogP contribution in [0, 0.1) is 0 Å². The Morgan fingerprint density at radius 2 is 0.683 bits per heavy atom. The monoisotopic (exact) mass is 841 g/mol. The zero-order valence-electron chi connectivity index (χ0n) is 39.7. The van der Waals surface area contributed by atoms with E-state index in [1.165, 1.54) is 148 Å². The average molecular weight is 841 g/mol. The quantitative estimate of drug-likeness (QED) is 0.0200. The van der Waals surface area contributed by atoms with Gasteiger partial charge < -0.3 is 14.2 Å². The Hall–Kier alpha value is -2.63. The number of esters is 3. The van der Waals surface area contributed by atoms with Crippen LogP contribution in [-0.2, 0) is 28.6 Å². The summed E-state index contributed by atoms with van der Waals surface area (Å²) in [5.74, 6) is -0.927. The van der Waals surface area contributed by atoms with Gasteiger partial charge in [0.25, 0.3) is 0 Å². The lowest BCUT2D eigenvalue weighted by molar-refractivity contribution is -0.167. The van der Waals surface area contributed by atoms with Crippen molar-refractivity contribution in [2.75, 3.05) is 13.2 Å². The van der Waals surface area contributed by atoms with Crippen molar-refractivity contribution in [1.82, 2.24) is 0 Å². The number of hydrogen-bond acceptors (Lipinski definition) is 6. The van der Waals surface area contributed by atoms with Gasteiger partial charge in [0.05, 0.1) is 0 Å². The van der Waals surface area contributed by atoms with Gasteiger partial charge in [-0.1, -0.05) is 230 Å². The highest BCUT2D eigenvalue weighted by molar-refractivity contribution is 5.71. The van der Waals surface area contributed by atoms with Crippen LogP contribution in [0.2, 0.25) is 0 Å². The number of hydrogen-bond donors (Lipinski definition) is 0. The minimum Gasteiger partial charge on any atom is -0.462 e. The van der Waals surface area contributed by atoms with E-state index in [1.807, 2.05) is 0 Å². The number of carbonyl (C=O) groups is 3. The zero-order valence-corrected chi connectivity index (χ0v) is 39.7. The summed E-state index contributed by atoms with van der Waals surface area (Å²) in [5, 5.41) is 0. The maximum absolute atomic E-state index is 12.8. The van der Waals surface area contributed by atoms with Gasteiger partial charge in [0.15, 0.2) is 6.10 Å². The van der Waals surface area contributed by atoms with Crippen molar-refractivity contribution < 1.29 is 28.6 Å². The number of unbranched alkanes of at least 4 members (excludes halogenated alkanes) is 29. The predicted octanol–water partition coefficient (Wildman–Crippen LogP) is 16.7. The van der Waals surface area contributed by atoms with E-state index < -0.39 is 6.10 Å². The zero-order chi connectivity index (χ0) is 43.7. The van der Waals surface area contributed by atoms with Gasteiger partial charge in [0.2, 0.25) is 0 Å². The molecule has 0 spiro atoms. The molecule has 0 rings (SSSR count). The highest BCUT2D eigenvalue weighted by Crippen LogP contribution is 2.16. The van der Waals surface area contributed by atoms with Crippen LogP contribution < -0.4 is 0 Å². The molecule has 60 heavy (non-hydrogen) atoms. The molecule has 0 saturated heterocycles. The fourth-order valence-electron chi connectivity index (χ4n) is 7.27. The fourth-order valence-corrected chi connectivity index (χ4v) is 7.27. The third-order valence-electron chi connectivity index (χ3n) is 11.1. The SMILES string of the molecule is CC\C=C/C=C\C=C/CCCCCCCCCC(=O)OC(COC(=O)CCC/C=C\CCCCCC)COC(=O)CCCCCCCCCCCCCCCCCCCC. The molecule has 0 heterocycles. The van der Waals surface area contributed by atoms with Gasteiger partial charge in [0.1, 0.15) is 13.2 Å². The topological polar surface area (TPSA) is 78.9 Å². The van der Waals surface area contributed by atoms with Crippen LogP contribution in [-0.4, -0.2) is 37.2 Å². The van der Waals surface area contributed by atoms with Crippen LogP contribution in [0.25, 0.3) is 0 Å². The summed E-state index contributed by atoms with van der Waals surface area (Å²) in [6, 6.07) is 0. The molecule has 0 fully saturated rings. The Morgan fingerprint density at radius 3 is 1.13 bits per heavy atom. The van der Waals surface area contributed by atoms with Crippen molar-refractivity contribution in [2.45, 2.75) is 264 Å². The Labute approximate surface area is 371 Å². The maximum atomic E-state index is 12.8. The van der Waals surface area contributed by atoms with Crippen LogP contribution in [0.5, 0.6) is 0 Å². The third-order valence-corrected chi connectivity index (χ3v) is 11.1. The van der Waals surface area contributed by atoms with E-state index in [4.69, 9.17) is 14.2 Å². The van der Waals surface area contributed by atoms with Crippen molar-refractivity contribution in [1.29, 1.82) is 0 Å². The lowest BCUT2D eigenvalue weighted by Gasteiger charge is -2.18. The molecule has 1 unspecified atom stereocenters. The van der Waals surface area contributed by atoms with Crippen LogP contribution in [0.15, 0.2) is 48.6 Å². The molecule has 0 N–H and O–H groups in total. The number of carbonyl (C=O) groups excluding carboxylic acids is 3. The molecule has 6 nitrogen and oxygen atoms in total. The van der Waals surface area contributed by atoms with Gasteiger partial charge >= 0.3 is 17.9 Å². The molecule has 348 valence electrons. The molecule has 6 heteroatoms. The summed E-state index contributed by atoms with van der Waals surface area (Å²) in [6.07, 6.45) is 58.2. The summed E-state index contributed by atoms with van der Waals surface area (Å²) in [7, 11) is 0. The highest BCUT2D eigenvalue weighted by Gasteiger charge is 2.19. The maximum Gasteiger partial charge on any atom is 0.306 e. The van der Waals surface area contributed by atoms with Gasteiger partial charge in [-0.3, -0.25) is 14.4 Å². The van der Waals surface area contributed by atoms with E-state index in [9.17, 15) is 14.4 Å². The molecule has 0 aliphatic carbocycles. The van der Waals surface area contributed by atoms with E-state index in [0.29, 0.717) is 19.3 Å². The van der Waals surface area contributed by atoms with Crippen LogP contribution in [0.3, 0.4) is 0 Å². The molecule has 0 aromatic rings. The first-order chi connectivity index (χ1) is 29.5. The molecule has 0 amide bonds.